The molecule has 0 saturated carbocycles. The minimum Gasteiger partial charge on any atom is -0.135 e. The van der Waals surface area contributed by atoms with Crippen LogP contribution in [0.15, 0.2) is 165 Å². The monoisotopic (exact) mass is 520 g/mol. The molecule has 0 saturated heterocycles. The Kier molecular flexibility index (Phi) is 4.88. The summed E-state index contributed by atoms with van der Waals surface area (Å²) in [5, 5.41) is 2.69. The summed E-state index contributed by atoms with van der Waals surface area (Å²) in [6, 6.07) is 54.2. The van der Waals surface area contributed by atoms with Crippen LogP contribution >= 0.6 is 21.4 Å². The van der Waals surface area contributed by atoms with Gasteiger partial charge in [-0.25, -0.2) is 0 Å². The lowest BCUT2D eigenvalue weighted by molar-refractivity contribution is 1.29. The predicted octanol–water partition coefficient (Wildman–Crippen LogP) is 11.0. The van der Waals surface area contributed by atoms with Crippen LogP contribution in [-0.2, 0) is 0 Å². The Labute approximate surface area is 228 Å². The molecule has 38 heavy (non-hydrogen) atoms. The second-order valence-corrected chi connectivity index (χ2v) is 13.9. The molecule has 1 aliphatic heterocycles. The molecule has 0 atom stereocenters. The van der Waals surface area contributed by atoms with Crippen molar-refractivity contribution in [2.45, 2.75) is 19.6 Å². The highest BCUT2D eigenvalue weighted by atomic mass is 32.3. The summed E-state index contributed by atoms with van der Waals surface area (Å²) in [7, 11) is -1.63. The summed E-state index contributed by atoms with van der Waals surface area (Å²) < 4.78 is 2.69. The molecule has 0 N–H and O–H groups in total. The van der Waals surface area contributed by atoms with Crippen molar-refractivity contribution in [1.82, 2.24) is 0 Å². The smallest absolute Gasteiger partial charge is 0.0355 e. The quantitative estimate of drug-likeness (QED) is 0.217. The molecule has 6 aromatic carbocycles. The average Bonchev–Trinajstić information content (AvgIpc) is 3.51. The van der Waals surface area contributed by atoms with E-state index < -0.39 is 10.0 Å². The maximum atomic E-state index is 2.49. The number of rotatable bonds is 3. The molecule has 0 fully saturated rings. The van der Waals surface area contributed by atoms with Gasteiger partial charge in [0.05, 0.1) is 0 Å². The zero-order chi connectivity index (χ0) is 25.1. The van der Waals surface area contributed by atoms with Crippen molar-refractivity contribution < 1.29 is 0 Å². The first-order chi connectivity index (χ1) is 18.8. The largest absolute Gasteiger partial charge is 0.135 e. The van der Waals surface area contributed by atoms with E-state index in [9.17, 15) is 0 Å². The molecule has 180 valence electrons. The van der Waals surface area contributed by atoms with Gasteiger partial charge in [0.1, 0.15) is 0 Å². The molecule has 2 heteroatoms. The Balaban J connectivity index is 1.43. The average molecular weight is 521 g/mol. The van der Waals surface area contributed by atoms with Gasteiger partial charge >= 0.3 is 0 Å². The number of thiophene rings is 1. The number of hydrogen-bond donors (Lipinski definition) is 0. The van der Waals surface area contributed by atoms with E-state index in [-0.39, 0.29) is 0 Å². The van der Waals surface area contributed by atoms with Gasteiger partial charge in [-0.05, 0) is 76.9 Å². The Morgan fingerprint density at radius 2 is 0.974 bits per heavy atom. The van der Waals surface area contributed by atoms with Crippen molar-refractivity contribution >= 4 is 41.5 Å². The standard InChI is InChI=1S/C36H24S2/c1-3-11-27(12-4-1)38(28-13-5-2-6-14-28)35-18-10-8-16-30(35)31-21-19-26(24-36(31)38)25-20-22-34-32(23-25)29-15-7-9-17-33(29)37-34/h1-24H. The Morgan fingerprint density at radius 1 is 0.395 bits per heavy atom. The van der Waals surface area contributed by atoms with E-state index in [1.807, 2.05) is 11.3 Å². The van der Waals surface area contributed by atoms with Crippen LogP contribution < -0.4 is 0 Å². The second kappa shape index (κ2) is 8.46. The van der Waals surface area contributed by atoms with Gasteiger partial charge in [0.2, 0.25) is 0 Å². The molecule has 1 aromatic heterocycles. The second-order valence-electron chi connectivity index (χ2n) is 9.75. The molecule has 8 rings (SSSR count). The third-order valence-corrected chi connectivity index (χ3v) is 12.8. The molecule has 7 aromatic rings. The summed E-state index contributed by atoms with van der Waals surface area (Å²) in [5.41, 5.74) is 5.26. The molecule has 0 nitrogen and oxygen atoms in total. The van der Waals surface area contributed by atoms with Gasteiger partial charge in [-0.2, -0.15) is 0 Å². The van der Waals surface area contributed by atoms with E-state index in [1.165, 1.54) is 62.0 Å². The Hall–Kier alpha value is -4.11. The lowest BCUT2D eigenvalue weighted by atomic mass is 9.99. The fraction of sp³-hybridized carbons (Fsp3) is 0. The summed E-state index contributed by atoms with van der Waals surface area (Å²) in [6.45, 7) is 0. The predicted molar refractivity (Wildman–Crippen MR) is 164 cm³/mol. The van der Waals surface area contributed by atoms with Crippen molar-refractivity contribution in [3.63, 3.8) is 0 Å². The van der Waals surface area contributed by atoms with Crippen LogP contribution in [0.25, 0.3) is 42.4 Å². The molecule has 2 heterocycles. The van der Waals surface area contributed by atoms with E-state index in [2.05, 4.69) is 146 Å². The van der Waals surface area contributed by atoms with Gasteiger partial charge in [0, 0.05) is 39.8 Å². The van der Waals surface area contributed by atoms with Crippen LogP contribution in [0, 0.1) is 0 Å². The molecule has 0 aliphatic carbocycles. The van der Waals surface area contributed by atoms with Crippen molar-refractivity contribution in [3.05, 3.63) is 146 Å². The first kappa shape index (κ1) is 21.9. The zero-order valence-electron chi connectivity index (χ0n) is 20.7. The van der Waals surface area contributed by atoms with E-state index >= 15 is 0 Å². The summed E-state index contributed by atoms with van der Waals surface area (Å²) in [6.07, 6.45) is 0. The van der Waals surface area contributed by atoms with E-state index in [1.54, 1.807) is 0 Å². The van der Waals surface area contributed by atoms with Crippen LogP contribution in [0.4, 0.5) is 0 Å². The van der Waals surface area contributed by atoms with Gasteiger partial charge in [0.15, 0.2) is 0 Å². The molecule has 0 spiro atoms. The molecule has 0 amide bonds. The van der Waals surface area contributed by atoms with Crippen molar-refractivity contribution in [2.24, 2.45) is 0 Å². The molecular formula is C36H24S2. The van der Waals surface area contributed by atoms with E-state index in [0.29, 0.717) is 0 Å². The molecule has 1 aliphatic rings. The number of fused-ring (bicyclic) bond motifs is 6. The van der Waals surface area contributed by atoms with E-state index in [4.69, 9.17) is 0 Å². The van der Waals surface area contributed by atoms with Crippen LogP contribution in [0.2, 0.25) is 0 Å². The lowest BCUT2D eigenvalue weighted by Crippen LogP contribution is -2.01. The fourth-order valence-corrected chi connectivity index (χ4v) is 11.4. The first-order valence-electron chi connectivity index (χ1n) is 12.9. The summed E-state index contributed by atoms with van der Waals surface area (Å²) in [5.74, 6) is 0. The minimum absolute atomic E-state index is 1.27. The molecular weight excluding hydrogens is 497 g/mol. The highest BCUT2D eigenvalue weighted by molar-refractivity contribution is 8.34. The molecule has 0 unspecified atom stereocenters. The van der Waals surface area contributed by atoms with Gasteiger partial charge in [-0.1, -0.05) is 91.0 Å². The normalized spacial score (nSPS) is 14.3. The molecule has 0 bridgehead atoms. The zero-order valence-corrected chi connectivity index (χ0v) is 22.3. The van der Waals surface area contributed by atoms with Crippen molar-refractivity contribution in [1.29, 1.82) is 0 Å². The van der Waals surface area contributed by atoms with Crippen molar-refractivity contribution in [3.8, 4) is 22.3 Å². The van der Waals surface area contributed by atoms with Gasteiger partial charge < -0.3 is 0 Å². The maximum Gasteiger partial charge on any atom is 0.0355 e. The van der Waals surface area contributed by atoms with Gasteiger partial charge in [-0.3, -0.25) is 0 Å². The van der Waals surface area contributed by atoms with Crippen LogP contribution in [0.1, 0.15) is 0 Å². The summed E-state index contributed by atoms with van der Waals surface area (Å²) in [4.78, 5) is 5.63. The SMILES string of the molecule is c1ccc(S2(c3ccccc3)c3ccccc3-c3ccc(-c4ccc5sc6ccccc6c5c4)cc32)cc1. The Bertz CT molecular complexity index is 1930. The Morgan fingerprint density at radius 3 is 1.76 bits per heavy atom. The van der Waals surface area contributed by atoms with Crippen LogP contribution in [0.5, 0.6) is 0 Å². The topological polar surface area (TPSA) is 0 Å². The van der Waals surface area contributed by atoms with Crippen molar-refractivity contribution in [2.75, 3.05) is 0 Å². The van der Waals surface area contributed by atoms with Crippen LogP contribution in [0.3, 0.4) is 0 Å². The number of hydrogen-bond acceptors (Lipinski definition) is 1. The molecule has 0 radical (unpaired) electrons. The lowest BCUT2D eigenvalue weighted by Gasteiger charge is -2.39. The fourth-order valence-electron chi connectivity index (χ4n) is 6.05. The number of benzene rings is 6. The first-order valence-corrected chi connectivity index (χ1v) is 15.4. The minimum atomic E-state index is -1.63. The highest BCUT2D eigenvalue weighted by Gasteiger charge is 2.41. The van der Waals surface area contributed by atoms with Gasteiger partial charge in [-0.15, -0.1) is 21.4 Å². The van der Waals surface area contributed by atoms with Gasteiger partial charge in [0.25, 0.3) is 0 Å². The highest BCUT2D eigenvalue weighted by Crippen LogP contribution is 2.80. The summed E-state index contributed by atoms with van der Waals surface area (Å²) >= 11 is 1.88. The third kappa shape index (κ3) is 3.05. The van der Waals surface area contributed by atoms with E-state index in [0.717, 1.165) is 0 Å². The van der Waals surface area contributed by atoms with Crippen LogP contribution in [-0.4, -0.2) is 0 Å². The third-order valence-electron chi connectivity index (χ3n) is 7.72. The maximum absolute atomic E-state index is 2.49.